The van der Waals surface area contributed by atoms with Gasteiger partial charge in [-0.1, -0.05) is 0 Å². The van der Waals surface area contributed by atoms with Crippen molar-refractivity contribution in [2.45, 2.75) is 71.6 Å². The van der Waals surface area contributed by atoms with E-state index in [1.165, 1.54) is 0 Å². The standard InChI is InChI=1S/C15H30N2O2/c1-13(2)17-15(5,12-16)8-6-7-9-18-10-11-19-14(3)4/h13-14,17H,6-11H2,1-5H3. The van der Waals surface area contributed by atoms with Crippen LogP contribution in [0, 0.1) is 11.3 Å². The van der Waals surface area contributed by atoms with Crippen LogP contribution in [0.3, 0.4) is 0 Å². The van der Waals surface area contributed by atoms with Gasteiger partial charge < -0.3 is 9.47 Å². The number of nitriles is 1. The molecule has 0 rings (SSSR count). The van der Waals surface area contributed by atoms with Crippen molar-refractivity contribution in [2.24, 2.45) is 0 Å². The topological polar surface area (TPSA) is 54.3 Å². The number of nitrogens with zero attached hydrogens (tertiary/aromatic N) is 1. The first-order chi connectivity index (χ1) is 8.89. The highest BCUT2D eigenvalue weighted by molar-refractivity contribution is 5.04. The van der Waals surface area contributed by atoms with Gasteiger partial charge in [0.25, 0.3) is 0 Å². The van der Waals surface area contributed by atoms with E-state index in [9.17, 15) is 5.26 Å². The molecule has 19 heavy (non-hydrogen) atoms. The molecule has 0 aliphatic heterocycles. The van der Waals surface area contributed by atoms with Crippen molar-refractivity contribution >= 4 is 0 Å². The fourth-order valence-corrected chi connectivity index (χ4v) is 1.92. The quantitative estimate of drug-likeness (QED) is 0.587. The molecule has 1 unspecified atom stereocenters. The first-order valence-corrected chi connectivity index (χ1v) is 7.28. The number of ether oxygens (including phenoxy) is 2. The van der Waals surface area contributed by atoms with Crippen molar-refractivity contribution in [2.75, 3.05) is 19.8 Å². The summed E-state index contributed by atoms with van der Waals surface area (Å²) in [5.41, 5.74) is -0.422. The average Bonchev–Trinajstić information content (AvgIpc) is 2.31. The van der Waals surface area contributed by atoms with E-state index < -0.39 is 5.54 Å². The van der Waals surface area contributed by atoms with E-state index >= 15 is 0 Å². The molecular formula is C15H30N2O2. The highest BCUT2D eigenvalue weighted by atomic mass is 16.5. The molecule has 0 aliphatic rings. The second-order valence-corrected chi connectivity index (χ2v) is 5.73. The van der Waals surface area contributed by atoms with Gasteiger partial charge in [0, 0.05) is 12.6 Å². The first-order valence-electron chi connectivity index (χ1n) is 7.28. The van der Waals surface area contributed by atoms with E-state index in [0.29, 0.717) is 19.3 Å². The SMILES string of the molecule is CC(C)NC(C)(C#N)CCCCOCCOC(C)C. The third-order valence-corrected chi connectivity index (χ3v) is 2.75. The lowest BCUT2D eigenvalue weighted by Gasteiger charge is -2.25. The lowest BCUT2D eigenvalue weighted by Crippen LogP contribution is -2.44. The molecule has 0 aromatic carbocycles. The molecular weight excluding hydrogens is 240 g/mol. The van der Waals surface area contributed by atoms with E-state index in [2.05, 4.69) is 25.2 Å². The molecule has 1 N–H and O–H groups in total. The van der Waals surface area contributed by atoms with Crippen LogP contribution in [0.15, 0.2) is 0 Å². The minimum absolute atomic E-state index is 0.266. The Morgan fingerprint density at radius 1 is 1.11 bits per heavy atom. The zero-order chi connectivity index (χ0) is 14.7. The number of unbranched alkanes of at least 4 members (excludes halogenated alkanes) is 1. The minimum Gasteiger partial charge on any atom is -0.379 e. The summed E-state index contributed by atoms with van der Waals surface area (Å²) in [4.78, 5) is 0. The molecule has 0 amide bonds. The zero-order valence-corrected chi connectivity index (χ0v) is 13.2. The van der Waals surface area contributed by atoms with Crippen molar-refractivity contribution in [3.63, 3.8) is 0 Å². The lowest BCUT2D eigenvalue weighted by molar-refractivity contribution is 0.0185. The molecule has 0 radical (unpaired) electrons. The average molecular weight is 270 g/mol. The molecule has 112 valence electrons. The van der Waals surface area contributed by atoms with Gasteiger partial charge in [0.15, 0.2) is 0 Å². The summed E-state index contributed by atoms with van der Waals surface area (Å²) in [6.07, 6.45) is 3.10. The Kier molecular flexibility index (Phi) is 9.85. The molecule has 4 nitrogen and oxygen atoms in total. The van der Waals surface area contributed by atoms with Crippen LogP contribution in [-0.4, -0.2) is 37.5 Å². The third-order valence-electron chi connectivity index (χ3n) is 2.75. The Balaban J connectivity index is 3.54. The summed E-state index contributed by atoms with van der Waals surface area (Å²) in [7, 11) is 0. The lowest BCUT2D eigenvalue weighted by atomic mass is 9.96. The van der Waals surface area contributed by atoms with Crippen LogP contribution in [-0.2, 0) is 9.47 Å². The Bertz CT molecular complexity index is 261. The van der Waals surface area contributed by atoms with Gasteiger partial charge >= 0.3 is 0 Å². The second-order valence-electron chi connectivity index (χ2n) is 5.73. The highest BCUT2D eigenvalue weighted by Gasteiger charge is 2.23. The van der Waals surface area contributed by atoms with Crippen LogP contribution in [0.4, 0.5) is 0 Å². The van der Waals surface area contributed by atoms with Gasteiger partial charge in [-0.25, -0.2) is 0 Å². The largest absolute Gasteiger partial charge is 0.379 e. The summed E-state index contributed by atoms with van der Waals surface area (Å²) in [6, 6.07) is 2.69. The smallest absolute Gasteiger partial charge is 0.104 e. The summed E-state index contributed by atoms with van der Waals surface area (Å²) in [5, 5.41) is 12.5. The molecule has 0 fully saturated rings. The van der Waals surface area contributed by atoms with Crippen molar-refractivity contribution in [1.29, 1.82) is 5.26 Å². The Morgan fingerprint density at radius 3 is 2.32 bits per heavy atom. The Hall–Kier alpha value is -0.630. The van der Waals surface area contributed by atoms with E-state index in [-0.39, 0.29) is 6.10 Å². The van der Waals surface area contributed by atoms with E-state index in [1.54, 1.807) is 0 Å². The number of hydrogen-bond donors (Lipinski definition) is 1. The van der Waals surface area contributed by atoms with Crippen molar-refractivity contribution in [3.8, 4) is 6.07 Å². The van der Waals surface area contributed by atoms with Crippen molar-refractivity contribution in [3.05, 3.63) is 0 Å². The van der Waals surface area contributed by atoms with Gasteiger partial charge in [-0.3, -0.25) is 5.32 Å². The molecule has 0 saturated carbocycles. The van der Waals surface area contributed by atoms with Crippen LogP contribution in [0.1, 0.15) is 53.9 Å². The van der Waals surface area contributed by atoms with Gasteiger partial charge in [-0.15, -0.1) is 0 Å². The molecule has 0 aliphatic carbocycles. The van der Waals surface area contributed by atoms with Crippen LogP contribution >= 0.6 is 0 Å². The highest BCUT2D eigenvalue weighted by Crippen LogP contribution is 2.13. The van der Waals surface area contributed by atoms with Gasteiger partial charge in [0.1, 0.15) is 5.54 Å². The summed E-state index contributed by atoms with van der Waals surface area (Å²) < 4.78 is 10.9. The summed E-state index contributed by atoms with van der Waals surface area (Å²) >= 11 is 0. The number of hydrogen-bond acceptors (Lipinski definition) is 4. The molecule has 4 heteroatoms. The maximum atomic E-state index is 9.20. The van der Waals surface area contributed by atoms with Crippen LogP contribution < -0.4 is 5.32 Å². The number of nitrogens with one attached hydrogen (secondary N) is 1. The van der Waals surface area contributed by atoms with Crippen molar-refractivity contribution in [1.82, 2.24) is 5.32 Å². The minimum atomic E-state index is -0.422. The molecule has 0 aromatic heterocycles. The summed E-state index contributed by atoms with van der Waals surface area (Å²) in [5.74, 6) is 0. The Morgan fingerprint density at radius 2 is 1.79 bits per heavy atom. The molecule has 0 bridgehead atoms. The molecule has 0 aromatic rings. The normalized spacial score (nSPS) is 14.6. The fraction of sp³-hybridized carbons (Fsp3) is 0.933. The van der Waals surface area contributed by atoms with Gasteiger partial charge in [-0.05, 0) is 53.9 Å². The van der Waals surface area contributed by atoms with E-state index in [1.807, 2.05) is 20.8 Å². The molecule has 0 spiro atoms. The second kappa shape index (κ2) is 10.2. The van der Waals surface area contributed by atoms with Gasteiger partial charge in [0.05, 0.1) is 25.4 Å². The fourth-order valence-electron chi connectivity index (χ4n) is 1.92. The summed E-state index contributed by atoms with van der Waals surface area (Å²) in [6.45, 7) is 12.2. The molecule has 1 atom stereocenters. The maximum Gasteiger partial charge on any atom is 0.104 e. The number of rotatable bonds is 11. The first kappa shape index (κ1) is 18.4. The maximum absolute atomic E-state index is 9.20. The van der Waals surface area contributed by atoms with Crippen LogP contribution in [0.5, 0.6) is 0 Å². The van der Waals surface area contributed by atoms with Crippen LogP contribution in [0.25, 0.3) is 0 Å². The van der Waals surface area contributed by atoms with Crippen molar-refractivity contribution < 1.29 is 9.47 Å². The Labute approximate surface area is 118 Å². The predicted molar refractivity (Wildman–Crippen MR) is 78.0 cm³/mol. The van der Waals surface area contributed by atoms with E-state index in [4.69, 9.17) is 9.47 Å². The van der Waals surface area contributed by atoms with Gasteiger partial charge in [0.2, 0.25) is 0 Å². The van der Waals surface area contributed by atoms with Crippen LogP contribution in [0.2, 0.25) is 0 Å². The predicted octanol–water partition coefficient (Wildman–Crippen LogP) is 2.88. The third kappa shape index (κ3) is 10.9. The van der Waals surface area contributed by atoms with Gasteiger partial charge in [-0.2, -0.15) is 5.26 Å². The molecule has 0 heterocycles. The monoisotopic (exact) mass is 270 g/mol. The molecule has 0 saturated heterocycles. The van der Waals surface area contributed by atoms with E-state index in [0.717, 1.165) is 25.9 Å². The zero-order valence-electron chi connectivity index (χ0n) is 13.2.